The molecule has 7 heteroatoms. The van der Waals surface area contributed by atoms with Crippen LogP contribution < -0.4 is 10.1 Å². The van der Waals surface area contributed by atoms with E-state index in [1.807, 2.05) is 0 Å². The Balaban J connectivity index is 0.00000162. The Kier molecular flexibility index (Phi) is 5.06. The van der Waals surface area contributed by atoms with Gasteiger partial charge in [-0.05, 0) is 25.2 Å². The first-order chi connectivity index (χ1) is 8.24. The molecule has 5 nitrogen and oxygen atoms in total. The first-order valence-corrected chi connectivity index (χ1v) is 5.05. The highest BCUT2D eigenvalue weighted by Crippen LogP contribution is 2.23. The zero-order chi connectivity index (χ0) is 12.3. The van der Waals surface area contributed by atoms with Gasteiger partial charge in [-0.25, -0.2) is 4.39 Å². The lowest BCUT2D eigenvalue weighted by molar-refractivity contribution is 0.372. The summed E-state index contributed by atoms with van der Waals surface area (Å²) >= 11 is 0. The third-order valence-electron chi connectivity index (χ3n) is 2.21. The molecule has 0 aliphatic heterocycles. The summed E-state index contributed by atoms with van der Waals surface area (Å²) in [6.45, 7) is 0.478. The van der Waals surface area contributed by atoms with Crippen molar-refractivity contribution >= 4 is 12.4 Å². The minimum Gasteiger partial charge on any atom is -0.494 e. The highest BCUT2D eigenvalue weighted by atomic mass is 35.5. The SMILES string of the molecule is CNCc1nc(-c2ccc(OC)c(F)c2)no1.Cl. The van der Waals surface area contributed by atoms with Crippen LogP contribution in [0.1, 0.15) is 5.89 Å². The average molecular weight is 274 g/mol. The second-order valence-electron chi connectivity index (χ2n) is 3.39. The smallest absolute Gasteiger partial charge is 0.240 e. The molecule has 2 rings (SSSR count). The number of hydrogen-bond donors (Lipinski definition) is 1. The van der Waals surface area contributed by atoms with Crippen molar-refractivity contribution in [1.82, 2.24) is 15.5 Å². The number of hydrogen-bond acceptors (Lipinski definition) is 5. The van der Waals surface area contributed by atoms with Crippen molar-refractivity contribution in [3.05, 3.63) is 29.9 Å². The molecule has 98 valence electrons. The fraction of sp³-hybridized carbons (Fsp3) is 0.273. The molecule has 2 aromatic rings. The summed E-state index contributed by atoms with van der Waals surface area (Å²) in [6, 6.07) is 4.52. The van der Waals surface area contributed by atoms with Gasteiger partial charge in [-0.2, -0.15) is 4.98 Å². The molecule has 0 spiro atoms. The number of aromatic nitrogens is 2. The molecule has 0 fully saturated rings. The number of rotatable bonds is 4. The van der Waals surface area contributed by atoms with E-state index >= 15 is 0 Å². The van der Waals surface area contributed by atoms with Gasteiger partial charge in [-0.15, -0.1) is 12.4 Å². The fourth-order valence-corrected chi connectivity index (χ4v) is 1.40. The highest BCUT2D eigenvalue weighted by Gasteiger charge is 2.10. The largest absolute Gasteiger partial charge is 0.494 e. The molecule has 0 amide bonds. The number of halogens is 2. The molecule has 1 aromatic carbocycles. The molecule has 1 aromatic heterocycles. The first-order valence-electron chi connectivity index (χ1n) is 5.05. The van der Waals surface area contributed by atoms with Gasteiger partial charge in [0.05, 0.1) is 13.7 Å². The quantitative estimate of drug-likeness (QED) is 0.924. The number of nitrogens with zero attached hydrogens (tertiary/aromatic N) is 2. The standard InChI is InChI=1S/C11H12FN3O2.ClH/c1-13-6-10-14-11(15-17-10)7-3-4-9(16-2)8(12)5-7;/h3-5,13H,6H2,1-2H3;1H. The van der Waals surface area contributed by atoms with Crippen molar-refractivity contribution in [2.75, 3.05) is 14.2 Å². The second kappa shape index (κ2) is 6.32. The van der Waals surface area contributed by atoms with Gasteiger partial charge in [0, 0.05) is 5.56 Å². The van der Waals surface area contributed by atoms with Crippen LogP contribution in [0, 0.1) is 5.82 Å². The topological polar surface area (TPSA) is 60.2 Å². The molecule has 0 unspecified atom stereocenters. The molecular weight excluding hydrogens is 261 g/mol. The van der Waals surface area contributed by atoms with Gasteiger partial charge < -0.3 is 14.6 Å². The minimum absolute atomic E-state index is 0. The summed E-state index contributed by atoms with van der Waals surface area (Å²) in [5, 5.41) is 6.66. The van der Waals surface area contributed by atoms with Gasteiger partial charge in [0.2, 0.25) is 11.7 Å². The monoisotopic (exact) mass is 273 g/mol. The van der Waals surface area contributed by atoms with E-state index in [0.717, 1.165) is 0 Å². The molecule has 0 bridgehead atoms. The molecule has 0 radical (unpaired) electrons. The van der Waals surface area contributed by atoms with E-state index in [-0.39, 0.29) is 18.2 Å². The van der Waals surface area contributed by atoms with E-state index in [0.29, 0.717) is 23.8 Å². The van der Waals surface area contributed by atoms with Crippen LogP contribution in [0.15, 0.2) is 22.7 Å². The summed E-state index contributed by atoms with van der Waals surface area (Å²) in [5.74, 6) is 0.549. The molecular formula is C11H13ClFN3O2. The molecule has 0 aliphatic carbocycles. The third kappa shape index (κ3) is 2.96. The predicted molar refractivity (Wildman–Crippen MR) is 66.3 cm³/mol. The van der Waals surface area contributed by atoms with Gasteiger partial charge >= 0.3 is 0 Å². The van der Waals surface area contributed by atoms with Gasteiger partial charge in [0.1, 0.15) is 0 Å². The Bertz CT molecular complexity index is 519. The van der Waals surface area contributed by atoms with Crippen LogP contribution in [0.2, 0.25) is 0 Å². The second-order valence-corrected chi connectivity index (χ2v) is 3.39. The lowest BCUT2D eigenvalue weighted by atomic mass is 10.2. The fourth-order valence-electron chi connectivity index (χ4n) is 1.40. The molecule has 0 saturated carbocycles. The van der Waals surface area contributed by atoms with Crippen LogP contribution in [-0.2, 0) is 6.54 Å². The molecule has 0 saturated heterocycles. The van der Waals surface area contributed by atoms with Crippen LogP contribution in [0.25, 0.3) is 11.4 Å². The molecule has 1 N–H and O–H groups in total. The predicted octanol–water partition coefficient (Wildman–Crippen LogP) is 2.03. The van der Waals surface area contributed by atoms with E-state index in [4.69, 9.17) is 9.26 Å². The van der Waals surface area contributed by atoms with Crippen LogP contribution in [-0.4, -0.2) is 24.3 Å². The van der Waals surface area contributed by atoms with Gasteiger partial charge in [0.15, 0.2) is 11.6 Å². The Morgan fingerprint density at radius 2 is 2.22 bits per heavy atom. The molecule has 1 heterocycles. The van der Waals surface area contributed by atoms with Crippen LogP contribution >= 0.6 is 12.4 Å². The number of nitrogens with one attached hydrogen (secondary N) is 1. The average Bonchev–Trinajstić information content (AvgIpc) is 2.78. The molecule has 0 atom stereocenters. The lowest BCUT2D eigenvalue weighted by Gasteiger charge is -2.01. The van der Waals surface area contributed by atoms with Crippen molar-refractivity contribution in [3.63, 3.8) is 0 Å². The van der Waals surface area contributed by atoms with Crippen molar-refractivity contribution in [2.45, 2.75) is 6.54 Å². The zero-order valence-corrected chi connectivity index (χ0v) is 10.8. The lowest BCUT2D eigenvalue weighted by Crippen LogP contribution is -2.04. The summed E-state index contributed by atoms with van der Waals surface area (Å²) in [6.07, 6.45) is 0. The van der Waals surface area contributed by atoms with E-state index in [2.05, 4.69) is 15.5 Å². The molecule has 18 heavy (non-hydrogen) atoms. The molecule has 0 aliphatic rings. The van der Waals surface area contributed by atoms with Crippen LogP contribution in [0.5, 0.6) is 5.75 Å². The number of benzene rings is 1. The van der Waals surface area contributed by atoms with Gasteiger partial charge in [-0.1, -0.05) is 5.16 Å². The Labute approximate surface area is 110 Å². The van der Waals surface area contributed by atoms with Crippen molar-refractivity contribution < 1.29 is 13.7 Å². The van der Waals surface area contributed by atoms with Gasteiger partial charge in [0.25, 0.3) is 0 Å². The zero-order valence-electron chi connectivity index (χ0n) is 9.94. The van der Waals surface area contributed by atoms with E-state index in [1.54, 1.807) is 13.1 Å². The van der Waals surface area contributed by atoms with Gasteiger partial charge in [-0.3, -0.25) is 0 Å². The Morgan fingerprint density at radius 3 is 2.83 bits per heavy atom. The maximum Gasteiger partial charge on any atom is 0.240 e. The first kappa shape index (κ1) is 14.4. The maximum absolute atomic E-state index is 13.5. The van der Waals surface area contributed by atoms with Crippen molar-refractivity contribution in [1.29, 1.82) is 0 Å². The summed E-state index contributed by atoms with van der Waals surface area (Å²) in [7, 11) is 3.19. The highest BCUT2D eigenvalue weighted by molar-refractivity contribution is 5.85. The maximum atomic E-state index is 13.5. The third-order valence-corrected chi connectivity index (χ3v) is 2.21. The van der Waals surface area contributed by atoms with Crippen LogP contribution in [0.3, 0.4) is 0 Å². The Hall–Kier alpha value is -1.66. The number of ether oxygens (including phenoxy) is 1. The summed E-state index contributed by atoms with van der Waals surface area (Å²) in [5.41, 5.74) is 0.550. The Morgan fingerprint density at radius 1 is 1.44 bits per heavy atom. The van der Waals surface area contributed by atoms with E-state index in [9.17, 15) is 4.39 Å². The van der Waals surface area contributed by atoms with Crippen molar-refractivity contribution in [2.24, 2.45) is 0 Å². The van der Waals surface area contributed by atoms with Crippen LogP contribution in [0.4, 0.5) is 4.39 Å². The summed E-state index contributed by atoms with van der Waals surface area (Å²) < 4.78 is 23.3. The normalized spacial score (nSPS) is 9.94. The van der Waals surface area contributed by atoms with E-state index < -0.39 is 5.82 Å². The number of methoxy groups -OCH3 is 1. The summed E-state index contributed by atoms with van der Waals surface area (Å²) in [4.78, 5) is 4.12. The minimum atomic E-state index is -0.454. The van der Waals surface area contributed by atoms with E-state index in [1.165, 1.54) is 19.2 Å². The van der Waals surface area contributed by atoms with Crippen molar-refractivity contribution in [3.8, 4) is 17.1 Å².